The van der Waals surface area contributed by atoms with Gasteiger partial charge in [-0.05, 0) is 49.6 Å². The number of carbonyl (C=O) groups excluding carboxylic acids is 1. The monoisotopic (exact) mass is 386 g/mol. The lowest BCUT2D eigenvalue weighted by molar-refractivity contribution is -0.114. The zero-order chi connectivity index (χ0) is 19.4. The van der Waals surface area contributed by atoms with E-state index in [9.17, 15) is 13.2 Å². The fourth-order valence-corrected chi connectivity index (χ4v) is 5.22. The van der Waals surface area contributed by atoms with Crippen LogP contribution in [0.25, 0.3) is 0 Å². The predicted molar refractivity (Wildman–Crippen MR) is 107 cm³/mol. The molecular weight excluding hydrogens is 360 g/mol. The van der Waals surface area contributed by atoms with E-state index in [1.807, 2.05) is 31.2 Å². The molecule has 0 saturated carbocycles. The van der Waals surface area contributed by atoms with E-state index in [4.69, 9.17) is 0 Å². The molecule has 0 bridgehead atoms. The Morgan fingerprint density at radius 2 is 1.67 bits per heavy atom. The van der Waals surface area contributed by atoms with Gasteiger partial charge >= 0.3 is 0 Å². The van der Waals surface area contributed by atoms with Gasteiger partial charge in [-0.2, -0.15) is 4.31 Å². The molecule has 5 nitrogen and oxygen atoms in total. The van der Waals surface area contributed by atoms with Gasteiger partial charge in [-0.15, -0.1) is 0 Å². The molecule has 0 aromatic heterocycles. The van der Waals surface area contributed by atoms with Crippen molar-refractivity contribution in [1.82, 2.24) is 4.31 Å². The third kappa shape index (κ3) is 4.57. The van der Waals surface area contributed by atoms with Crippen molar-refractivity contribution in [3.8, 4) is 0 Å². The average Bonchev–Trinajstić information content (AvgIpc) is 2.89. The van der Waals surface area contributed by atoms with Gasteiger partial charge in [0.1, 0.15) is 0 Å². The number of sulfonamides is 1. The summed E-state index contributed by atoms with van der Waals surface area (Å²) in [5, 5.41) is 2.67. The van der Waals surface area contributed by atoms with Crippen molar-refractivity contribution in [2.45, 2.75) is 50.5 Å². The van der Waals surface area contributed by atoms with E-state index in [1.54, 1.807) is 28.6 Å². The SMILES string of the molecule is CC(=O)Nc1ccc(S(=O)(=O)N2CCCCC[C@H]2c2ccc(C)cc2)cc1. The summed E-state index contributed by atoms with van der Waals surface area (Å²) in [7, 11) is -3.62. The number of rotatable bonds is 4. The summed E-state index contributed by atoms with van der Waals surface area (Å²) in [6.45, 7) is 3.98. The number of nitrogens with zero attached hydrogens (tertiary/aromatic N) is 1. The minimum absolute atomic E-state index is 0.145. The van der Waals surface area contributed by atoms with E-state index < -0.39 is 10.0 Å². The second-order valence-corrected chi connectivity index (χ2v) is 8.99. The Kier molecular flexibility index (Phi) is 5.97. The highest BCUT2D eigenvalue weighted by Gasteiger charge is 2.33. The first kappa shape index (κ1) is 19.6. The molecule has 1 heterocycles. The molecule has 1 aliphatic heterocycles. The molecule has 1 amide bonds. The molecule has 0 unspecified atom stereocenters. The van der Waals surface area contributed by atoms with E-state index in [0.29, 0.717) is 12.2 Å². The number of carbonyl (C=O) groups is 1. The van der Waals surface area contributed by atoms with Crippen LogP contribution >= 0.6 is 0 Å². The second-order valence-electron chi connectivity index (χ2n) is 7.10. The van der Waals surface area contributed by atoms with Crippen molar-refractivity contribution in [3.05, 3.63) is 59.7 Å². The van der Waals surface area contributed by atoms with Gasteiger partial charge in [-0.25, -0.2) is 8.42 Å². The molecule has 1 atom stereocenters. The summed E-state index contributed by atoms with van der Waals surface area (Å²) in [5.41, 5.74) is 2.80. The molecule has 2 aromatic carbocycles. The molecule has 0 radical (unpaired) electrons. The largest absolute Gasteiger partial charge is 0.326 e. The maximum absolute atomic E-state index is 13.4. The van der Waals surface area contributed by atoms with Gasteiger partial charge in [-0.3, -0.25) is 4.79 Å². The molecule has 144 valence electrons. The molecule has 6 heteroatoms. The number of aryl methyl sites for hydroxylation is 1. The maximum Gasteiger partial charge on any atom is 0.243 e. The zero-order valence-corrected chi connectivity index (χ0v) is 16.6. The van der Waals surface area contributed by atoms with E-state index >= 15 is 0 Å². The number of nitrogens with one attached hydrogen (secondary N) is 1. The summed E-state index contributed by atoms with van der Waals surface area (Å²) >= 11 is 0. The quantitative estimate of drug-likeness (QED) is 0.854. The molecule has 1 saturated heterocycles. The summed E-state index contributed by atoms with van der Waals surface area (Å²) in [4.78, 5) is 11.4. The summed E-state index contributed by atoms with van der Waals surface area (Å²) in [5.74, 6) is -0.183. The Bertz CT molecular complexity index is 890. The Hall–Kier alpha value is -2.18. The van der Waals surface area contributed by atoms with E-state index in [0.717, 1.165) is 36.8 Å². The van der Waals surface area contributed by atoms with Crippen molar-refractivity contribution in [3.63, 3.8) is 0 Å². The van der Waals surface area contributed by atoms with Gasteiger partial charge in [0.2, 0.25) is 15.9 Å². The van der Waals surface area contributed by atoms with Crippen LogP contribution in [0.1, 0.15) is 49.8 Å². The highest BCUT2D eigenvalue weighted by Crippen LogP contribution is 2.35. The van der Waals surface area contributed by atoms with Crippen LogP contribution in [0.3, 0.4) is 0 Å². The standard InChI is InChI=1S/C21H26N2O3S/c1-16-7-9-18(10-8-16)21-6-4-3-5-15-23(21)27(25,26)20-13-11-19(12-14-20)22-17(2)24/h7-14,21H,3-6,15H2,1-2H3,(H,22,24)/t21-/m0/s1. The average molecular weight is 387 g/mol. The van der Waals surface area contributed by atoms with Crippen LogP contribution < -0.4 is 5.32 Å². The van der Waals surface area contributed by atoms with Crippen LogP contribution in [0, 0.1) is 6.92 Å². The van der Waals surface area contributed by atoms with Gasteiger partial charge < -0.3 is 5.32 Å². The Balaban J connectivity index is 1.93. The van der Waals surface area contributed by atoms with Gasteiger partial charge in [0, 0.05) is 19.2 Å². The minimum Gasteiger partial charge on any atom is -0.326 e. The first-order valence-electron chi connectivity index (χ1n) is 9.34. The molecule has 0 aliphatic carbocycles. The van der Waals surface area contributed by atoms with Crippen LogP contribution in [-0.2, 0) is 14.8 Å². The lowest BCUT2D eigenvalue weighted by Crippen LogP contribution is -2.34. The number of benzene rings is 2. The normalized spacial score (nSPS) is 18.7. The molecule has 3 rings (SSSR count). The van der Waals surface area contributed by atoms with Gasteiger partial charge in [0.05, 0.1) is 10.9 Å². The van der Waals surface area contributed by atoms with E-state index in [2.05, 4.69) is 5.32 Å². The molecule has 1 aliphatic rings. The zero-order valence-electron chi connectivity index (χ0n) is 15.8. The van der Waals surface area contributed by atoms with Crippen LogP contribution in [-0.4, -0.2) is 25.2 Å². The Morgan fingerprint density at radius 1 is 1.00 bits per heavy atom. The fourth-order valence-electron chi connectivity index (χ4n) is 3.54. The smallest absolute Gasteiger partial charge is 0.243 e. The van der Waals surface area contributed by atoms with E-state index in [1.165, 1.54) is 6.92 Å². The predicted octanol–water partition coefficient (Wildman–Crippen LogP) is 4.26. The Morgan fingerprint density at radius 3 is 2.30 bits per heavy atom. The number of amides is 1. The van der Waals surface area contributed by atoms with Crippen molar-refractivity contribution in [2.24, 2.45) is 0 Å². The van der Waals surface area contributed by atoms with Crippen molar-refractivity contribution >= 4 is 21.6 Å². The van der Waals surface area contributed by atoms with E-state index in [-0.39, 0.29) is 16.8 Å². The molecule has 1 N–H and O–H groups in total. The first-order valence-corrected chi connectivity index (χ1v) is 10.8. The van der Waals surface area contributed by atoms with Crippen LogP contribution in [0.2, 0.25) is 0 Å². The topological polar surface area (TPSA) is 66.5 Å². The third-order valence-electron chi connectivity index (χ3n) is 4.95. The summed E-state index contributed by atoms with van der Waals surface area (Å²) in [6.07, 6.45) is 3.75. The minimum atomic E-state index is -3.62. The lowest BCUT2D eigenvalue weighted by atomic mass is 10.0. The summed E-state index contributed by atoms with van der Waals surface area (Å²) < 4.78 is 28.4. The Labute approximate surface area is 161 Å². The number of hydrogen-bond donors (Lipinski definition) is 1. The van der Waals surface area contributed by atoms with Crippen LogP contribution in [0.4, 0.5) is 5.69 Å². The molecule has 1 fully saturated rings. The highest BCUT2D eigenvalue weighted by molar-refractivity contribution is 7.89. The summed E-state index contributed by atoms with van der Waals surface area (Å²) in [6, 6.07) is 14.4. The first-order chi connectivity index (χ1) is 12.9. The molecule has 27 heavy (non-hydrogen) atoms. The number of hydrogen-bond acceptors (Lipinski definition) is 3. The highest BCUT2D eigenvalue weighted by atomic mass is 32.2. The molecule has 2 aromatic rings. The van der Waals surface area contributed by atoms with Crippen molar-refractivity contribution in [1.29, 1.82) is 0 Å². The maximum atomic E-state index is 13.4. The molecule has 0 spiro atoms. The fraction of sp³-hybridized carbons (Fsp3) is 0.381. The van der Waals surface area contributed by atoms with Crippen LogP contribution in [0.5, 0.6) is 0 Å². The van der Waals surface area contributed by atoms with Crippen molar-refractivity contribution < 1.29 is 13.2 Å². The second kappa shape index (κ2) is 8.23. The van der Waals surface area contributed by atoms with Gasteiger partial charge in [0.25, 0.3) is 0 Å². The number of anilines is 1. The lowest BCUT2D eigenvalue weighted by Gasteiger charge is -2.29. The third-order valence-corrected chi connectivity index (χ3v) is 6.87. The van der Waals surface area contributed by atoms with Crippen LogP contribution in [0.15, 0.2) is 53.4 Å². The van der Waals surface area contributed by atoms with Gasteiger partial charge in [-0.1, -0.05) is 42.7 Å². The van der Waals surface area contributed by atoms with Gasteiger partial charge in [0.15, 0.2) is 0 Å². The van der Waals surface area contributed by atoms with Crippen molar-refractivity contribution in [2.75, 3.05) is 11.9 Å². The molecular formula is C21H26N2O3S.